The number of anilines is 1. The number of amides is 1. The van der Waals surface area contributed by atoms with Crippen LogP contribution in [-0.4, -0.2) is 27.5 Å². The standard InChI is InChI=1S/C15H12N4O3S/c1-19-11(4-5-16-19)14(20)18-15-17-10(7-23-15)9-2-3-12-13(6-9)22-8-21-12/h2-7H,8H2,1H3,(H,17,18,20). The van der Waals surface area contributed by atoms with Gasteiger partial charge in [-0.1, -0.05) is 0 Å². The summed E-state index contributed by atoms with van der Waals surface area (Å²) in [5, 5.41) is 9.17. The molecule has 3 heterocycles. The van der Waals surface area contributed by atoms with Gasteiger partial charge in [0.1, 0.15) is 5.69 Å². The van der Waals surface area contributed by atoms with Gasteiger partial charge in [-0.25, -0.2) is 4.98 Å². The van der Waals surface area contributed by atoms with Gasteiger partial charge in [-0.15, -0.1) is 11.3 Å². The second kappa shape index (κ2) is 5.40. The van der Waals surface area contributed by atoms with Crippen LogP contribution in [0.1, 0.15) is 10.5 Å². The fourth-order valence-corrected chi connectivity index (χ4v) is 2.99. The monoisotopic (exact) mass is 328 g/mol. The highest BCUT2D eigenvalue weighted by molar-refractivity contribution is 7.14. The Morgan fingerprint density at radius 3 is 3.00 bits per heavy atom. The molecule has 116 valence electrons. The molecule has 0 saturated heterocycles. The van der Waals surface area contributed by atoms with E-state index in [1.807, 2.05) is 23.6 Å². The number of hydrogen-bond donors (Lipinski definition) is 1. The molecular formula is C15H12N4O3S. The Balaban J connectivity index is 1.55. The number of carbonyl (C=O) groups excluding carboxylic acids is 1. The van der Waals surface area contributed by atoms with Gasteiger partial charge in [0, 0.05) is 24.2 Å². The lowest BCUT2D eigenvalue weighted by atomic mass is 10.1. The van der Waals surface area contributed by atoms with Crippen LogP contribution in [0, 0.1) is 0 Å². The van der Waals surface area contributed by atoms with E-state index in [9.17, 15) is 4.79 Å². The SMILES string of the molecule is Cn1nccc1C(=O)Nc1nc(-c2ccc3c(c2)OCO3)cs1. The number of carbonyl (C=O) groups is 1. The molecule has 3 aromatic rings. The topological polar surface area (TPSA) is 78.3 Å². The van der Waals surface area contributed by atoms with Crippen LogP contribution < -0.4 is 14.8 Å². The number of rotatable bonds is 3. The van der Waals surface area contributed by atoms with Crippen molar-refractivity contribution in [2.75, 3.05) is 12.1 Å². The van der Waals surface area contributed by atoms with Crippen molar-refractivity contribution in [3.63, 3.8) is 0 Å². The third-order valence-electron chi connectivity index (χ3n) is 3.45. The quantitative estimate of drug-likeness (QED) is 0.799. The predicted octanol–water partition coefficient (Wildman–Crippen LogP) is 2.52. The van der Waals surface area contributed by atoms with Gasteiger partial charge in [-0.3, -0.25) is 14.8 Å². The first-order chi connectivity index (χ1) is 11.2. The van der Waals surface area contributed by atoms with E-state index in [0.717, 1.165) is 17.0 Å². The van der Waals surface area contributed by atoms with Crippen LogP contribution in [0.3, 0.4) is 0 Å². The maximum Gasteiger partial charge on any atom is 0.275 e. The van der Waals surface area contributed by atoms with E-state index in [2.05, 4.69) is 15.4 Å². The molecule has 4 rings (SSSR count). The number of ether oxygens (including phenoxy) is 2. The molecule has 23 heavy (non-hydrogen) atoms. The highest BCUT2D eigenvalue weighted by Crippen LogP contribution is 2.36. The summed E-state index contributed by atoms with van der Waals surface area (Å²) in [6, 6.07) is 7.30. The van der Waals surface area contributed by atoms with Gasteiger partial charge in [0.2, 0.25) is 6.79 Å². The lowest BCUT2D eigenvalue weighted by Gasteiger charge is -2.02. The summed E-state index contributed by atoms with van der Waals surface area (Å²) < 4.78 is 12.2. The Kier molecular flexibility index (Phi) is 3.23. The van der Waals surface area contributed by atoms with E-state index in [1.165, 1.54) is 16.0 Å². The normalized spacial score (nSPS) is 12.4. The maximum absolute atomic E-state index is 12.2. The predicted molar refractivity (Wildman–Crippen MR) is 84.8 cm³/mol. The van der Waals surface area contributed by atoms with Crippen LogP contribution >= 0.6 is 11.3 Å². The van der Waals surface area contributed by atoms with Crippen molar-refractivity contribution in [2.24, 2.45) is 7.05 Å². The van der Waals surface area contributed by atoms with E-state index in [4.69, 9.17) is 9.47 Å². The Morgan fingerprint density at radius 2 is 2.17 bits per heavy atom. The van der Waals surface area contributed by atoms with Crippen molar-refractivity contribution < 1.29 is 14.3 Å². The fourth-order valence-electron chi connectivity index (χ4n) is 2.28. The van der Waals surface area contributed by atoms with E-state index < -0.39 is 0 Å². The first kappa shape index (κ1) is 13.8. The lowest BCUT2D eigenvalue weighted by Crippen LogP contribution is -2.15. The molecule has 2 aromatic heterocycles. The second-order valence-electron chi connectivity index (χ2n) is 4.90. The van der Waals surface area contributed by atoms with Gasteiger partial charge in [-0.2, -0.15) is 5.10 Å². The van der Waals surface area contributed by atoms with Gasteiger partial charge in [0.05, 0.1) is 5.69 Å². The average molecular weight is 328 g/mol. The zero-order valence-electron chi connectivity index (χ0n) is 12.1. The molecule has 0 fully saturated rings. The molecule has 0 bridgehead atoms. The number of hydrogen-bond acceptors (Lipinski definition) is 6. The highest BCUT2D eigenvalue weighted by Gasteiger charge is 2.16. The van der Waals surface area contributed by atoms with Crippen LogP contribution in [0.2, 0.25) is 0 Å². The van der Waals surface area contributed by atoms with Gasteiger partial charge in [-0.05, 0) is 24.3 Å². The van der Waals surface area contributed by atoms with Crippen LogP contribution in [0.15, 0.2) is 35.8 Å². The van der Waals surface area contributed by atoms with Crippen LogP contribution in [0.5, 0.6) is 11.5 Å². The molecule has 0 spiro atoms. The summed E-state index contributed by atoms with van der Waals surface area (Å²) in [4.78, 5) is 16.6. The number of aryl methyl sites for hydroxylation is 1. The highest BCUT2D eigenvalue weighted by atomic mass is 32.1. The molecular weight excluding hydrogens is 316 g/mol. The fraction of sp³-hybridized carbons (Fsp3) is 0.133. The number of nitrogens with zero attached hydrogens (tertiary/aromatic N) is 3. The lowest BCUT2D eigenvalue weighted by molar-refractivity contribution is 0.101. The second-order valence-corrected chi connectivity index (χ2v) is 5.76. The molecule has 0 aliphatic carbocycles. The molecule has 1 aliphatic rings. The molecule has 7 nitrogen and oxygen atoms in total. The Hall–Kier alpha value is -2.87. The summed E-state index contributed by atoms with van der Waals surface area (Å²) in [6.07, 6.45) is 1.58. The van der Waals surface area contributed by atoms with Crippen LogP contribution in [-0.2, 0) is 7.05 Å². The molecule has 0 unspecified atom stereocenters. The van der Waals surface area contributed by atoms with Crippen molar-refractivity contribution in [3.05, 3.63) is 41.5 Å². The largest absolute Gasteiger partial charge is 0.454 e. The Bertz CT molecular complexity index is 886. The molecule has 1 aromatic carbocycles. The summed E-state index contributed by atoms with van der Waals surface area (Å²) >= 11 is 1.36. The van der Waals surface area contributed by atoms with Gasteiger partial charge >= 0.3 is 0 Å². The molecule has 0 saturated carbocycles. The van der Waals surface area contributed by atoms with E-state index in [0.29, 0.717) is 16.6 Å². The molecule has 1 amide bonds. The van der Waals surface area contributed by atoms with Crippen molar-refractivity contribution >= 4 is 22.4 Å². The van der Waals surface area contributed by atoms with E-state index in [1.54, 1.807) is 19.3 Å². The third kappa shape index (κ3) is 2.53. The van der Waals surface area contributed by atoms with E-state index in [-0.39, 0.29) is 12.7 Å². The molecule has 1 aliphatic heterocycles. The minimum Gasteiger partial charge on any atom is -0.454 e. The number of aromatic nitrogens is 3. The van der Waals surface area contributed by atoms with Gasteiger partial charge < -0.3 is 9.47 Å². The van der Waals surface area contributed by atoms with Crippen molar-refractivity contribution in [3.8, 4) is 22.8 Å². The van der Waals surface area contributed by atoms with Crippen molar-refractivity contribution in [1.29, 1.82) is 0 Å². The molecule has 8 heteroatoms. The number of fused-ring (bicyclic) bond motifs is 1. The minimum absolute atomic E-state index is 0.238. The Labute approximate surface area is 135 Å². The zero-order valence-corrected chi connectivity index (χ0v) is 13.0. The average Bonchev–Trinajstić information content (AvgIpc) is 3.26. The first-order valence-electron chi connectivity index (χ1n) is 6.85. The third-order valence-corrected chi connectivity index (χ3v) is 4.20. The maximum atomic E-state index is 12.2. The van der Waals surface area contributed by atoms with E-state index >= 15 is 0 Å². The van der Waals surface area contributed by atoms with Crippen LogP contribution in [0.25, 0.3) is 11.3 Å². The molecule has 0 radical (unpaired) electrons. The van der Waals surface area contributed by atoms with Crippen LogP contribution in [0.4, 0.5) is 5.13 Å². The van der Waals surface area contributed by atoms with Gasteiger partial charge in [0.15, 0.2) is 16.6 Å². The summed E-state index contributed by atoms with van der Waals surface area (Å²) in [6.45, 7) is 0.238. The Morgan fingerprint density at radius 1 is 1.30 bits per heavy atom. The minimum atomic E-state index is -0.239. The van der Waals surface area contributed by atoms with Crippen molar-refractivity contribution in [1.82, 2.24) is 14.8 Å². The summed E-state index contributed by atoms with van der Waals surface area (Å²) in [5.74, 6) is 1.20. The van der Waals surface area contributed by atoms with Crippen molar-refractivity contribution in [2.45, 2.75) is 0 Å². The summed E-state index contributed by atoms with van der Waals surface area (Å²) in [7, 11) is 1.72. The molecule has 0 atom stereocenters. The first-order valence-corrected chi connectivity index (χ1v) is 7.73. The van der Waals surface area contributed by atoms with Gasteiger partial charge in [0.25, 0.3) is 5.91 Å². The molecule has 1 N–H and O–H groups in total. The zero-order chi connectivity index (χ0) is 15.8. The number of benzene rings is 1. The number of thiazole rings is 1. The number of nitrogens with one attached hydrogen (secondary N) is 1. The smallest absolute Gasteiger partial charge is 0.275 e. The summed E-state index contributed by atoms with van der Waals surface area (Å²) in [5.41, 5.74) is 2.16.